The Balaban J connectivity index is 1.33. The molecule has 3 amide bonds. The number of ketones is 1. The van der Waals surface area contributed by atoms with Crippen LogP contribution in [0.5, 0.6) is 0 Å². The van der Waals surface area contributed by atoms with Crippen LogP contribution in [0.15, 0.2) is 0 Å². The molecule has 9 nitrogen and oxygen atoms in total. The summed E-state index contributed by atoms with van der Waals surface area (Å²) < 4.78 is 74.0. The molecule has 2 saturated carbocycles. The van der Waals surface area contributed by atoms with Gasteiger partial charge in [0.25, 0.3) is 5.91 Å². The summed E-state index contributed by atoms with van der Waals surface area (Å²) in [6.07, 6.45) is -5.62. The monoisotopic (exact) mass is 551 g/mol. The fraction of sp³-hybridized carbons (Fsp3) is 0.833. The standard InChI is InChI=1S/C24H30F5N3O6/c25-20(26)22-9-23(10-22,38-11-22)21(36)32-7-13-2-1-3-14(13)17(32)19(35)31-15(6-12-4-5-30-18(12)34)16(33)8-37-24(27,28)29/h12-15,17,20H,1-11H2,(H,30,34)(H,31,35)/t12-,13-,14-,15-,17-,22?,23?/m0/s1. The number of carbonyl (C=O) groups excluding carboxylic acids is 4. The number of rotatable bonds is 9. The molecule has 212 valence electrons. The molecule has 0 unspecified atom stereocenters. The quantitative estimate of drug-likeness (QED) is 0.421. The highest BCUT2D eigenvalue weighted by atomic mass is 19.4. The van der Waals surface area contributed by atoms with Crippen LogP contribution in [0.2, 0.25) is 0 Å². The Morgan fingerprint density at radius 2 is 1.92 bits per heavy atom. The van der Waals surface area contributed by atoms with Crippen molar-refractivity contribution in [3.8, 4) is 0 Å². The molecule has 6 aliphatic rings. The van der Waals surface area contributed by atoms with Crippen LogP contribution in [0.1, 0.15) is 44.9 Å². The first-order valence-electron chi connectivity index (χ1n) is 12.9. The highest BCUT2D eigenvalue weighted by Crippen LogP contribution is 2.62. The zero-order valence-electron chi connectivity index (χ0n) is 20.5. The number of alkyl halides is 5. The van der Waals surface area contributed by atoms with Crippen molar-refractivity contribution in [2.24, 2.45) is 23.2 Å². The van der Waals surface area contributed by atoms with E-state index in [1.807, 2.05) is 0 Å². The van der Waals surface area contributed by atoms with Crippen molar-refractivity contribution in [3.63, 3.8) is 0 Å². The minimum absolute atomic E-state index is 0.00393. The van der Waals surface area contributed by atoms with E-state index in [2.05, 4.69) is 15.4 Å². The number of halogens is 5. The molecule has 0 spiro atoms. The molecule has 4 heterocycles. The summed E-state index contributed by atoms with van der Waals surface area (Å²) in [6.45, 7) is -1.01. The molecule has 2 N–H and O–H groups in total. The van der Waals surface area contributed by atoms with Gasteiger partial charge in [0, 0.05) is 19.0 Å². The van der Waals surface area contributed by atoms with Crippen LogP contribution in [0, 0.1) is 23.2 Å². The highest BCUT2D eigenvalue weighted by molar-refractivity contribution is 5.96. The summed E-state index contributed by atoms with van der Waals surface area (Å²) in [5.41, 5.74) is -2.77. The van der Waals surface area contributed by atoms with Crippen molar-refractivity contribution in [1.82, 2.24) is 15.5 Å². The first-order chi connectivity index (χ1) is 17.8. The van der Waals surface area contributed by atoms with Gasteiger partial charge in [-0.25, -0.2) is 8.78 Å². The van der Waals surface area contributed by atoms with E-state index >= 15 is 0 Å². The summed E-state index contributed by atoms with van der Waals surface area (Å²) in [7, 11) is 0. The number of likely N-dealkylation sites (tertiary alicyclic amines) is 1. The van der Waals surface area contributed by atoms with Crippen molar-refractivity contribution in [3.05, 3.63) is 0 Å². The van der Waals surface area contributed by atoms with Crippen molar-refractivity contribution in [2.75, 3.05) is 26.3 Å². The zero-order valence-corrected chi connectivity index (χ0v) is 20.5. The van der Waals surface area contributed by atoms with E-state index in [0.717, 1.165) is 12.8 Å². The Bertz CT molecular complexity index is 1000. The van der Waals surface area contributed by atoms with Gasteiger partial charge in [-0.05, 0) is 50.4 Å². The van der Waals surface area contributed by atoms with Crippen LogP contribution >= 0.6 is 0 Å². The second-order valence-corrected chi connectivity index (χ2v) is 11.3. The second-order valence-electron chi connectivity index (χ2n) is 11.3. The van der Waals surface area contributed by atoms with E-state index in [4.69, 9.17) is 4.74 Å². The van der Waals surface area contributed by atoms with Crippen molar-refractivity contribution < 1.29 is 50.6 Å². The predicted octanol–water partition coefficient (Wildman–Crippen LogP) is 1.54. The van der Waals surface area contributed by atoms with Crippen LogP contribution in [0.4, 0.5) is 22.0 Å². The molecule has 2 aliphatic carbocycles. The number of carbonyl (C=O) groups is 4. The van der Waals surface area contributed by atoms with Crippen molar-refractivity contribution in [1.29, 1.82) is 0 Å². The van der Waals surface area contributed by atoms with Crippen molar-refractivity contribution in [2.45, 2.75) is 75.4 Å². The largest absolute Gasteiger partial charge is 0.522 e. The zero-order chi connectivity index (χ0) is 27.5. The maximum Gasteiger partial charge on any atom is 0.522 e. The molecule has 4 aliphatic heterocycles. The number of nitrogens with one attached hydrogen (secondary N) is 2. The third kappa shape index (κ3) is 4.78. The van der Waals surface area contributed by atoms with Crippen LogP contribution in [0.25, 0.3) is 0 Å². The maximum atomic E-state index is 13.6. The van der Waals surface area contributed by atoms with Gasteiger partial charge in [0.2, 0.25) is 18.2 Å². The van der Waals surface area contributed by atoms with Crippen LogP contribution in [0.3, 0.4) is 0 Å². The van der Waals surface area contributed by atoms with Gasteiger partial charge < -0.3 is 20.3 Å². The summed E-state index contributed by atoms with van der Waals surface area (Å²) in [6, 6.07) is -2.46. The normalized spacial score (nSPS) is 36.7. The first-order valence-corrected chi connectivity index (χ1v) is 12.9. The first kappa shape index (κ1) is 27.2. The lowest BCUT2D eigenvalue weighted by atomic mass is 9.62. The predicted molar refractivity (Wildman–Crippen MR) is 117 cm³/mol. The van der Waals surface area contributed by atoms with E-state index < -0.39 is 66.0 Å². The Labute approximate surface area is 215 Å². The lowest BCUT2D eigenvalue weighted by Crippen LogP contribution is -2.61. The van der Waals surface area contributed by atoms with Crippen LogP contribution in [-0.4, -0.2) is 85.2 Å². The maximum absolute atomic E-state index is 13.6. The number of fused-ring (bicyclic) bond motifs is 2. The molecule has 0 aromatic heterocycles. The molecule has 0 aromatic rings. The molecule has 14 heteroatoms. The summed E-state index contributed by atoms with van der Waals surface area (Å²) in [4.78, 5) is 53.3. The molecule has 6 fully saturated rings. The summed E-state index contributed by atoms with van der Waals surface area (Å²) in [5.74, 6) is -3.60. The molecule has 38 heavy (non-hydrogen) atoms. The van der Waals surface area contributed by atoms with E-state index in [-0.39, 0.29) is 50.2 Å². The van der Waals surface area contributed by atoms with Crippen molar-refractivity contribution >= 4 is 23.5 Å². The van der Waals surface area contributed by atoms with Gasteiger partial charge >= 0.3 is 6.36 Å². The van der Waals surface area contributed by atoms with Crippen LogP contribution < -0.4 is 10.6 Å². The topological polar surface area (TPSA) is 114 Å². The average Bonchev–Trinajstić information content (AvgIpc) is 3.61. The van der Waals surface area contributed by atoms with Gasteiger partial charge in [0.05, 0.1) is 18.1 Å². The number of ether oxygens (including phenoxy) is 2. The molecule has 0 radical (unpaired) electrons. The van der Waals surface area contributed by atoms with Gasteiger partial charge in [0.1, 0.15) is 18.2 Å². The molecule has 2 bridgehead atoms. The van der Waals surface area contributed by atoms with Gasteiger partial charge in [-0.3, -0.25) is 23.9 Å². The SMILES string of the molecule is O=C1NCC[C@H]1C[C@H](NC(=O)[C@@H]1[C@H]2CCC[C@H]2CN1C(=O)C12CC(C(F)F)(CO1)C2)C(=O)COC(F)(F)F. The fourth-order valence-corrected chi connectivity index (χ4v) is 7.05. The summed E-state index contributed by atoms with van der Waals surface area (Å²) in [5, 5.41) is 5.10. The molecule has 5 atom stereocenters. The Morgan fingerprint density at radius 3 is 2.53 bits per heavy atom. The smallest absolute Gasteiger partial charge is 0.364 e. The van der Waals surface area contributed by atoms with Gasteiger partial charge in [-0.15, -0.1) is 13.2 Å². The molecular formula is C24H30F5N3O6. The van der Waals surface area contributed by atoms with Crippen LogP contribution in [-0.2, 0) is 28.7 Å². The average molecular weight is 552 g/mol. The molecule has 0 aromatic carbocycles. The molecular weight excluding hydrogens is 521 g/mol. The number of amides is 3. The minimum atomic E-state index is -5.06. The Morgan fingerprint density at radius 1 is 1.18 bits per heavy atom. The Kier molecular flexibility index (Phi) is 6.94. The fourth-order valence-electron chi connectivity index (χ4n) is 7.05. The number of hydrogen-bond donors (Lipinski definition) is 2. The molecule has 4 saturated heterocycles. The number of nitrogens with zero attached hydrogens (tertiary/aromatic N) is 1. The third-order valence-electron chi connectivity index (χ3n) is 8.95. The van der Waals surface area contributed by atoms with E-state index in [1.165, 1.54) is 4.90 Å². The lowest BCUT2D eigenvalue weighted by Gasteiger charge is -2.45. The number of hydrogen-bond acceptors (Lipinski definition) is 6. The van der Waals surface area contributed by atoms with E-state index in [9.17, 15) is 41.1 Å². The van der Waals surface area contributed by atoms with Gasteiger partial charge in [0.15, 0.2) is 5.78 Å². The van der Waals surface area contributed by atoms with Gasteiger partial charge in [-0.2, -0.15) is 0 Å². The van der Waals surface area contributed by atoms with Gasteiger partial charge in [-0.1, -0.05) is 6.42 Å². The minimum Gasteiger partial charge on any atom is -0.364 e. The van der Waals surface area contributed by atoms with E-state index in [0.29, 0.717) is 19.4 Å². The second kappa shape index (κ2) is 9.68. The lowest BCUT2D eigenvalue weighted by molar-refractivity contribution is -0.321. The third-order valence-corrected chi connectivity index (χ3v) is 8.95. The number of Topliss-reactive ketones (excluding diaryl/α,β-unsaturated/α-hetero) is 1. The summed E-state index contributed by atoms with van der Waals surface area (Å²) >= 11 is 0. The van der Waals surface area contributed by atoms with E-state index in [1.54, 1.807) is 0 Å². The Hall–Kier alpha value is -2.35. The molecule has 6 rings (SSSR count). The highest BCUT2D eigenvalue weighted by Gasteiger charge is 2.71.